The van der Waals surface area contributed by atoms with Crippen molar-refractivity contribution in [3.05, 3.63) is 35.4 Å². The van der Waals surface area contributed by atoms with Gasteiger partial charge in [-0.2, -0.15) is 0 Å². The Balaban J connectivity index is 2.93. The Hall–Kier alpha value is -2.29. The molecular weight excluding hydrogens is 390 g/mol. The van der Waals surface area contributed by atoms with Crippen LogP contribution in [0.3, 0.4) is 0 Å². The predicted molar refractivity (Wildman–Crippen MR) is 111 cm³/mol. The van der Waals surface area contributed by atoms with Crippen LogP contribution in [0.25, 0.3) is 0 Å². The molecule has 1 amide bonds. The van der Waals surface area contributed by atoms with Gasteiger partial charge in [-0.25, -0.2) is 0 Å². The first-order valence-electron chi connectivity index (χ1n) is 10.4. The second kappa shape index (κ2) is 14.7. The number of rotatable bonds is 15. The number of Topliss-reactive ketones (excluding diaryl/α,β-unsaturated/α-hetero) is 1. The number of carbonyl (C=O) groups excluding carboxylic acids is 3. The standard InChI is InChI=1S/C22H33NO7/c1-2-5-21(28)30-15-11-23(10-14-26)22(29)19-7-4-3-6-18(19)20(27)16-17(8-12-24)9-13-25/h3-4,6-7,17,24-26H,2,5,8-16H2,1H3. The van der Waals surface area contributed by atoms with Crippen LogP contribution in [0.4, 0.5) is 0 Å². The zero-order valence-electron chi connectivity index (χ0n) is 17.6. The van der Waals surface area contributed by atoms with E-state index >= 15 is 0 Å². The Morgan fingerprint density at radius 3 is 2.17 bits per heavy atom. The predicted octanol–water partition coefficient (Wildman–Crippen LogP) is 1.42. The van der Waals surface area contributed by atoms with Crippen LogP contribution < -0.4 is 0 Å². The average Bonchev–Trinajstić information content (AvgIpc) is 2.73. The molecule has 0 aliphatic rings. The third-order valence-corrected chi connectivity index (χ3v) is 4.74. The monoisotopic (exact) mass is 423 g/mol. The van der Waals surface area contributed by atoms with E-state index in [1.807, 2.05) is 6.92 Å². The maximum Gasteiger partial charge on any atom is 0.305 e. The highest BCUT2D eigenvalue weighted by Gasteiger charge is 2.23. The van der Waals surface area contributed by atoms with Gasteiger partial charge < -0.3 is 25.0 Å². The SMILES string of the molecule is CCCC(=O)OCCN(CCO)C(=O)c1ccccc1C(=O)CC(CCO)CCO. The molecule has 1 aromatic rings. The van der Waals surface area contributed by atoms with Gasteiger partial charge in [-0.3, -0.25) is 14.4 Å². The summed E-state index contributed by atoms with van der Waals surface area (Å²) in [5, 5.41) is 27.7. The molecule has 8 heteroatoms. The zero-order chi connectivity index (χ0) is 22.4. The molecule has 0 atom stereocenters. The van der Waals surface area contributed by atoms with E-state index in [9.17, 15) is 19.5 Å². The van der Waals surface area contributed by atoms with Crippen LogP contribution in [0.5, 0.6) is 0 Å². The summed E-state index contributed by atoms with van der Waals surface area (Å²) in [6, 6.07) is 6.44. The van der Waals surface area contributed by atoms with Crippen molar-refractivity contribution in [2.45, 2.75) is 39.0 Å². The molecule has 0 heterocycles. The number of aliphatic hydroxyl groups is 3. The molecule has 0 fully saturated rings. The molecule has 1 aromatic carbocycles. The highest BCUT2D eigenvalue weighted by molar-refractivity contribution is 6.08. The number of hydrogen-bond donors (Lipinski definition) is 3. The van der Waals surface area contributed by atoms with Crippen molar-refractivity contribution in [2.75, 3.05) is 39.5 Å². The zero-order valence-corrected chi connectivity index (χ0v) is 17.6. The van der Waals surface area contributed by atoms with Gasteiger partial charge in [-0.05, 0) is 31.2 Å². The third kappa shape index (κ3) is 8.61. The average molecular weight is 424 g/mol. The normalized spacial score (nSPS) is 10.8. The van der Waals surface area contributed by atoms with Crippen LogP contribution in [-0.2, 0) is 9.53 Å². The number of benzene rings is 1. The second-order valence-corrected chi connectivity index (χ2v) is 7.05. The Bertz CT molecular complexity index is 671. The number of aliphatic hydroxyl groups excluding tert-OH is 3. The quantitative estimate of drug-likeness (QED) is 0.288. The summed E-state index contributed by atoms with van der Waals surface area (Å²) in [5.74, 6) is -1.20. The van der Waals surface area contributed by atoms with Gasteiger partial charge in [0.05, 0.1) is 18.7 Å². The summed E-state index contributed by atoms with van der Waals surface area (Å²) >= 11 is 0. The minimum absolute atomic E-state index is 0.00968. The molecule has 3 N–H and O–H groups in total. The third-order valence-electron chi connectivity index (χ3n) is 4.74. The molecule has 0 spiro atoms. The number of amides is 1. The molecule has 30 heavy (non-hydrogen) atoms. The smallest absolute Gasteiger partial charge is 0.305 e. The fraction of sp³-hybridized carbons (Fsp3) is 0.591. The highest BCUT2D eigenvalue weighted by Crippen LogP contribution is 2.20. The van der Waals surface area contributed by atoms with Crippen LogP contribution in [0.15, 0.2) is 24.3 Å². The van der Waals surface area contributed by atoms with E-state index in [2.05, 4.69) is 0 Å². The summed E-state index contributed by atoms with van der Waals surface area (Å²) in [7, 11) is 0. The molecule has 0 radical (unpaired) electrons. The summed E-state index contributed by atoms with van der Waals surface area (Å²) in [5.41, 5.74) is 0.469. The molecule has 0 aromatic heterocycles. The molecular formula is C22H33NO7. The number of nitrogens with zero attached hydrogens (tertiary/aromatic N) is 1. The number of ether oxygens (including phenoxy) is 1. The van der Waals surface area contributed by atoms with Crippen LogP contribution >= 0.6 is 0 Å². The molecule has 168 valence electrons. The summed E-state index contributed by atoms with van der Waals surface area (Å²) < 4.78 is 5.10. The van der Waals surface area contributed by atoms with Crippen LogP contribution in [-0.4, -0.2) is 77.4 Å². The lowest BCUT2D eigenvalue weighted by Gasteiger charge is -2.23. The Morgan fingerprint density at radius 1 is 0.967 bits per heavy atom. The molecule has 1 rings (SSSR count). The first-order chi connectivity index (χ1) is 14.5. The molecule has 0 bridgehead atoms. The van der Waals surface area contributed by atoms with Crippen LogP contribution in [0.1, 0.15) is 59.7 Å². The number of ketones is 1. The lowest BCUT2D eigenvalue weighted by Crippen LogP contribution is -2.37. The Morgan fingerprint density at radius 2 is 1.60 bits per heavy atom. The molecule has 0 saturated carbocycles. The van der Waals surface area contributed by atoms with Gasteiger partial charge in [0.25, 0.3) is 5.91 Å². The molecule has 0 aliphatic carbocycles. The van der Waals surface area contributed by atoms with Gasteiger partial charge in [0.15, 0.2) is 5.78 Å². The van der Waals surface area contributed by atoms with E-state index in [0.717, 1.165) is 0 Å². The van der Waals surface area contributed by atoms with E-state index in [4.69, 9.17) is 14.9 Å². The van der Waals surface area contributed by atoms with Crippen LogP contribution in [0, 0.1) is 5.92 Å². The minimum atomic E-state index is -0.430. The summed E-state index contributed by atoms with van der Waals surface area (Å²) in [4.78, 5) is 38.7. The number of hydrogen-bond acceptors (Lipinski definition) is 7. The largest absolute Gasteiger partial charge is 0.464 e. The van der Waals surface area contributed by atoms with Gasteiger partial charge in [0.1, 0.15) is 6.61 Å². The lowest BCUT2D eigenvalue weighted by molar-refractivity contribution is -0.144. The van der Waals surface area contributed by atoms with Crippen molar-refractivity contribution in [3.8, 4) is 0 Å². The highest BCUT2D eigenvalue weighted by atomic mass is 16.5. The van der Waals surface area contributed by atoms with Crippen molar-refractivity contribution in [2.24, 2.45) is 5.92 Å². The van der Waals surface area contributed by atoms with Crippen LogP contribution in [0.2, 0.25) is 0 Å². The maximum absolute atomic E-state index is 13.0. The van der Waals surface area contributed by atoms with E-state index in [1.54, 1.807) is 24.3 Å². The second-order valence-electron chi connectivity index (χ2n) is 7.05. The molecule has 0 aliphatic heterocycles. The summed E-state index contributed by atoms with van der Waals surface area (Å²) in [6.45, 7) is 1.59. The topological polar surface area (TPSA) is 124 Å². The van der Waals surface area contributed by atoms with Gasteiger partial charge in [-0.1, -0.05) is 25.1 Å². The molecule has 0 saturated heterocycles. The molecule has 0 unspecified atom stereocenters. The van der Waals surface area contributed by atoms with Crippen molar-refractivity contribution in [3.63, 3.8) is 0 Å². The first-order valence-corrected chi connectivity index (χ1v) is 10.4. The number of esters is 1. The van der Waals surface area contributed by atoms with Crippen molar-refractivity contribution in [1.29, 1.82) is 0 Å². The number of carbonyl (C=O) groups is 3. The van der Waals surface area contributed by atoms with Gasteiger partial charge in [-0.15, -0.1) is 0 Å². The maximum atomic E-state index is 13.0. The van der Waals surface area contributed by atoms with E-state index < -0.39 is 5.91 Å². The lowest BCUT2D eigenvalue weighted by atomic mass is 9.91. The van der Waals surface area contributed by atoms with Gasteiger partial charge in [0.2, 0.25) is 0 Å². The van der Waals surface area contributed by atoms with E-state index in [0.29, 0.717) is 25.7 Å². The van der Waals surface area contributed by atoms with Gasteiger partial charge >= 0.3 is 5.97 Å². The first kappa shape index (κ1) is 25.7. The van der Waals surface area contributed by atoms with Gasteiger partial charge in [0, 0.05) is 38.2 Å². The van der Waals surface area contributed by atoms with E-state index in [1.165, 1.54) is 4.90 Å². The van der Waals surface area contributed by atoms with Crippen molar-refractivity contribution >= 4 is 17.7 Å². The fourth-order valence-corrected chi connectivity index (χ4v) is 3.15. The minimum Gasteiger partial charge on any atom is -0.464 e. The Labute approximate surface area is 177 Å². The molecule has 8 nitrogen and oxygen atoms in total. The van der Waals surface area contributed by atoms with E-state index in [-0.39, 0.29) is 74.7 Å². The fourth-order valence-electron chi connectivity index (χ4n) is 3.15. The summed E-state index contributed by atoms with van der Waals surface area (Å²) in [6.07, 6.45) is 1.86. The van der Waals surface area contributed by atoms with Crippen molar-refractivity contribution < 1.29 is 34.4 Å². The Kier molecular flexibility index (Phi) is 12.6. The van der Waals surface area contributed by atoms with Crippen molar-refractivity contribution in [1.82, 2.24) is 4.90 Å².